The molecule has 0 saturated heterocycles. The summed E-state index contributed by atoms with van der Waals surface area (Å²) in [6.45, 7) is 4.41. The van der Waals surface area contributed by atoms with Crippen LogP contribution in [0.5, 0.6) is 5.75 Å². The summed E-state index contributed by atoms with van der Waals surface area (Å²) in [6.07, 6.45) is 2.19. The molecule has 1 N–H and O–H groups in total. The Kier molecular flexibility index (Phi) is 5.08. The van der Waals surface area contributed by atoms with Gasteiger partial charge >= 0.3 is 0 Å². The molecule has 7 heteroatoms. The summed E-state index contributed by atoms with van der Waals surface area (Å²) in [6, 6.07) is 6.51. The number of nitrogens with zero attached hydrogens (tertiary/aromatic N) is 3. The Morgan fingerprint density at radius 2 is 2.17 bits per heavy atom. The predicted molar refractivity (Wildman–Crippen MR) is 93.1 cm³/mol. The topological polar surface area (TPSA) is 69.0 Å². The van der Waals surface area contributed by atoms with Crippen molar-refractivity contribution in [1.82, 2.24) is 20.1 Å². The van der Waals surface area contributed by atoms with Crippen LogP contribution < -0.4 is 10.1 Å². The number of nitrogens with one attached hydrogen (secondary N) is 1. The minimum absolute atomic E-state index is 0.0543. The van der Waals surface area contributed by atoms with E-state index in [1.807, 2.05) is 37.6 Å². The molecule has 1 aliphatic carbocycles. The van der Waals surface area contributed by atoms with E-state index in [0.717, 1.165) is 40.7 Å². The highest BCUT2D eigenvalue weighted by molar-refractivity contribution is 7.99. The third-order valence-corrected chi connectivity index (χ3v) is 4.92. The van der Waals surface area contributed by atoms with Gasteiger partial charge in [0.15, 0.2) is 11.0 Å². The molecule has 1 aromatic carbocycles. The smallest absolute Gasteiger partial charge is 0.230 e. The summed E-state index contributed by atoms with van der Waals surface area (Å²) in [5.41, 5.74) is 2.25. The Bertz CT molecular complexity index is 740. The van der Waals surface area contributed by atoms with Crippen molar-refractivity contribution in [3.8, 4) is 5.75 Å². The first-order valence-electron chi connectivity index (χ1n) is 8.03. The molecule has 0 bridgehead atoms. The number of hydrogen-bond acceptors (Lipinski definition) is 5. The average molecular weight is 346 g/mol. The van der Waals surface area contributed by atoms with Crippen molar-refractivity contribution in [3.63, 3.8) is 0 Å². The molecule has 0 radical (unpaired) electrons. The third-order valence-electron chi connectivity index (χ3n) is 3.90. The van der Waals surface area contributed by atoms with Gasteiger partial charge in [0.25, 0.3) is 0 Å². The van der Waals surface area contributed by atoms with Crippen molar-refractivity contribution in [3.05, 3.63) is 35.2 Å². The summed E-state index contributed by atoms with van der Waals surface area (Å²) in [4.78, 5) is 11.8. The fourth-order valence-electron chi connectivity index (χ4n) is 2.23. The molecule has 1 saturated carbocycles. The number of thioether (sulfide) groups is 1. The number of carbonyl (C=O) groups is 1. The lowest BCUT2D eigenvalue weighted by molar-refractivity contribution is -0.118. The lowest BCUT2D eigenvalue weighted by Gasteiger charge is -2.10. The van der Waals surface area contributed by atoms with E-state index in [-0.39, 0.29) is 5.91 Å². The molecule has 0 atom stereocenters. The zero-order valence-electron chi connectivity index (χ0n) is 14.2. The fraction of sp³-hybridized carbons (Fsp3) is 0.471. The van der Waals surface area contributed by atoms with Crippen molar-refractivity contribution in [2.45, 2.75) is 44.5 Å². The van der Waals surface area contributed by atoms with Gasteiger partial charge in [-0.05, 0) is 43.9 Å². The Morgan fingerprint density at radius 1 is 1.38 bits per heavy atom. The molecular weight excluding hydrogens is 324 g/mol. The van der Waals surface area contributed by atoms with Crippen molar-refractivity contribution >= 4 is 17.7 Å². The van der Waals surface area contributed by atoms with Crippen LogP contribution in [0.1, 0.15) is 29.8 Å². The molecule has 0 spiro atoms. The van der Waals surface area contributed by atoms with E-state index in [4.69, 9.17) is 4.74 Å². The van der Waals surface area contributed by atoms with E-state index in [2.05, 4.69) is 21.6 Å². The molecule has 24 heavy (non-hydrogen) atoms. The second kappa shape index (κ2) is 7.25. The van der Waals surface area contributed by atoms with E-state index >= 15 is 0 Å². The van der Waals surface area contributed by atoms with Gasteiger partial charge in [0.2, 0.25) is 5.91 Å². The zero-order valence-corrected chi connectivity index (χ0v) is 15.0. The van der Waals surface area contributed by atoms with Crippen LogP contribution >= 0.6 is 11.8 Å². The highest BCUT2D eigenvalue weighted by atomic mass is 32.2. The molecule has 2 aromatic rings. The van der Waals surface area contributed by atoms with Crippen molar-refractivity contribution in [2.75, 3.05) is 5.75 Å². The van der Waals surface area contributed by atoms with Crippen LogP contribution in [0.15, 0.2) is 23.4 Å². The van der Waals surface area contributed by atoms with E-state index in [9.17, 15) is 4.79 Å². The molecule has 1 fully saturated rings. The first-order chi connectivity index (χ1) is 11.5. The molecule has 1 heterocycles. The Balaban J connectivity index is 1.55. The van der Waals surface area contributed by atoms with Crippen molar-refractivity contribution in [2.24, 2.45) is 7.05 Å². The molecular formula is C17H22N4O2S. The van der Waals surface area contributed by atoms with Crippen LogP contribution in [0.3, 0.4) is 0 Å². The van der Waals surface area contributed by atoms with Gasteiger partial charge in [-0.3, -0.25) is 4.79 Å². The number of rotatable bonds is 7. The number of benzene rings is 1. The molecule has 0 aliphatic heterocycles. The Morgan fingerprint density at radius 3 is 2.92 bits per heavy atom. The Labute approximate surface area is 146 Å². The van der Waals surface area contributed by atoms with Gasteiger partial charge in [-0.2, -0.15) is 0 Å². The van der Waals surface area contributed by atoms with Gasteiger partial charge in [0, 0.05) is 13.1 Å². The highest BCUT2D eigenvalue weighted by Gasteiger charge is 2.23. The minimum Gasteiger partial charge on any atom is -0.485 e. The number of amides is 1. The van der Waals surface area contributed by atoms with Crippen molar-refractivity contribution < 1.29 is 9.53 Å². The van der Waals surface area contributed by atoms with Gasteiger partial charge in [0.05, 0.1) is 5.75 Å². The SMILES string of the molecule is Cc1ccc(C)c(OCc2nnc(SCC(=O)NC3CC3)n2C)c1. The van der Waals surface area contributed by atoms with Crippen LogP contribution in [-0.2, 0) is 18.4 Å². The fourth-order valence-corrected chi connectivity index (χ4v) is 2.97. The lowest BCUT2D eigenvalue weighted by atomic mass is 10.1. The standard InChI is InChI=1S/C17H22N4O2S/c1-11-4-5-12(2)14(8-11)23-9-15-19-20-17(21(15)3)24-10-16(22)18-13-6-7-13/h4-5,8,13H,6-7,9-10H2,1-3H3,(H,18,22). The maximum atomic E-state index is 11.8. The van der Waals surface area contributed by atoms with Crippen LogP contribution in [-0.4, -0.2) is 32.5 Å². The van der Waals surface area contributed by atoms with Gasteiger partial charge < -0.3 is 14.6 Å². The number of ether oxygens (including phenoxy) is 1. The summed E-state index contributed by atoms with van der Waals surface area (Å²) in [5.74, 6) is 2.01. The number of aryl methyl sites for hydroxylation is 2. The van der Waals surface area contributed by atoms with Gasteiger partial charge in [0.1, 0.15) is 12.4 Å². The van der Waals surface area contributed by atoms with Crippen LogP contribution in [0.25, 0.3) is 0 Å². The van der Waals surface area contributed by atoms with Crippen LogP contribution in [0.4, 0.5) is 0 Å². The van der Waals surface area contributed by atoms with Gasteiger partial charge in [-0.15, -0.1) is 10.2 Å². The number of aromatic nitrogens is 3. The second-order valence-corrected chi connectivity index (χ2v) is 7.09. The summed E-state index contributed by atoms with van der Waals surface area (Å²) >= 11 is 1.39. The zero-order chi connectivity index (χ0) is 17.1. The number of hydrogen-bond donors (Lipinski definition) is 1. The molecule has 3 rings (SSSR count). The molecule has 6 nitrogen and oxygen atoms in total. The summed E-state index contributed by atoms with van der Waals surface area (Å²) in [5, 5.41) is 12.0. The van der Waals surface area contributed by atoms with Crippen LogP contribution in [0, 0.1) is 13.8 Å². The van der Waals surface area contributed by atoms with Gasteiger partial charge in [-0.1, -0.05) is 23.9 Å². The van der Waals surface area contributed by atoms with E-state index in [1.54, 1.807) is 0 Å². The normalized spacial score (nSPS) is 13.8. The quantitative estimate of drug-likeness (QED) is 0.780. The van der Waals surface area contributed by atoms with E-state index in [0.29, 0.717) is 18.4 Å². The molecule has 1 aromatic heterocycles. The molecule has 1 aliphatic rings. The molecule has 1 amide bonds. The Hall–Kier alpha value is -2.02. The average Bonchev–Trinajstić information content (AvgIpc) is 3.29. The first-order valence-corrected chi connectivity index (χ1v) is 9.02. The number of carbonyl (C=O) groups excluding carboxylic acids is 1. The minimum atomic E-state index is 0.0543. The maximum absolute atomic E-state index is 11.8. The van der Waals surface area contributed by atoms with E-state index in [1.165, 1.54) is 11.8 Å². The largest absolute Gasteiger partial charge is 0.485 e. The molecule has 0 unspecified atom stereocenters. The second-order valence-electron chi connectivity index (χ2n) is 6.15. The van der Waals surface area contributed by atoms with Crippen LogP contribution in [0.2, 0.25) is 0 Å². The highest BCUT2D eigenvalue weighted by Crippen LogP contribution is 2.22. The third kappa shape index (κ3) is 4.29. The van der Waals surface area contributed by atoms with Gasteiger partial charge in [-0.25, -0.2) is 0 Å². The van der Waals surface area contributed by atoms with E-state index < -0.39 is 0 Å². The molecule has 128 valence electrons. The predicted octanol–water partition coefficient (Wildman–Crippen LogP) is 2.38. The van der Waals surface area contributed by atoms with Crippen molar-refractivity contribution in [1.29, 1.82) is 0 Å². The summed E-state index contributed by atoms with van der Waals surface area (Å²) in [7, 11) is 1.89. The monoisotopic (exact) mass is 346 g/mol. The first kappa shape index (κ1) is 16.8. The summed E-state index contributed by atoms with van der Waals surface area (Å²) < 4.78 is 7.75. The maximum Gasteiger partial charge on any atom is 0.230 e. The lowest BCUT2D eigenvalue weighted by Crippen LogP contribution is -2.27.